The lowest BCUT2D eigenvalue weighted by molar-refractivity contribution is -0.121. The molecule has 1 aliphatic heterocycles. The number of nitrogens with one attached hydrogen (secondary N) is 2. The van der Waals surface area contributed by atoms with E-state index in [0.29, 0.717) is 18.9 Å². The number of aliphatic imine (C=N–C) groups is 1. The third kappa shape index (κ3) is 9.64. The van der Waals surface area contributed by atoms with Gasteiger partial charge in [0.2, 0.25) is 5.91 Å². The second-order valence-corrected chi connectivity index (χ2v) is 7.73. The zero-order valence-electron chi connectivity index (χ0n) is 19.5. The molecule has 8 heteroatoms. The first kappa shape index (κ1) is 27.5. The van der Waals surface area contributed by atoms with E-state index in [1.54, 1.807) is 7.05 Å². The molecule has 176 valence electrons. The largest absolute Gasteiger partial charge is 0.492 e. The molecule has 1 aromatic rings. The summed E-state index contributed by atoms with van der Waals surface area (Å²) in [6, 6.07) is 8.27. The number of halogens is 1. The molecule has 1 saturated heterocycles. The highest BCUT2D eigenvalue weighted by Crippen LogP contribution is 2.20. The Balaban J connectivity index is 0.00000480. The Hall–Kier alpha value is -1.55. The first-order valence-corrected chi connectivity index (χ1v) is 11.2. The maximum Gasteiger partial charge on any atom is 0.220 e. The average molecular weight is 546 g/mol. The lowest BCUT2D eigenvalue weighted by atomic mass is 9.93. The molecular weight excluding hydrogens is 505 g/mol. The quantitative estimate of drug-likeness (QED) is 0.269. The molecule has 1 fully saturated rings. The normalized spacial score (nSPS) is 14.9. The van der Waals surface area contributed by atoms with Crippen molar-refractivity contribution in [2.45, 2.75) is 39.7 Å². The van der Waals surface area contributed by atoms with Crippen LogP contribution in [0.25, 0.3) is 0 Å². The zero-order valence-corrected chi connectivity index (χ0v) is 21.9. The predicted molar refractivity (Wildman–Crippen MR) is 138 cm³/mol. The predicted octanol–water partition coefficient (Wildman–Crippen LogP) is 2.95. The molecule has 0 unspecified atom stereocenters. The monoisotopic (exact) mass is 545 g/mol. The minimum atomic E-state index is 0. The summed E-state index contributed by atoms with van der Waals surface area (Å²) < 4.78 is 5.86. The van der Waals surface area contributed by atoms with E-state index in [2.05, 4.69) is 51.4 Å². The second kappa shape index (κ2) is 15.3. The van der Waals surface area contributed by atoms with Gasteiger partial charge in [0.1, 0.15) is 12.4 Å². The molecular formula is C23H40IN5O2. The van der Waals surface area contributed by atoms with Gasteiger partial charge in [-0.1, -0.05) is 26.0 Å². The first-order valence-electron chi connectivity index (χ1n) is 11.2. The second-order valence-electron chi connectivity index (χ2n) is 7.73. The van der Waals surface area contributed by atoms with Crippen molar-refractivity contribution in [1.29, 1.82) is 0 Å². The van der Waals surface area contributed by atoms with Crippen LogP contribution in [0, 0.1) is 5.92 Å². The van der Waals surface area contributed by atoms with Gasteiger partial charge < -0.3 is 25.2 Å². The lowest BCUT2D eigenvalue weighted by Crippen LogP contribution is -2.45. The van der Waals surface area contributed by atoms with Gasteiger partial charge in [0.05, 0.1) is 0 Å². The van der Waals surface area contributed by atoms with E-state index < -0.39 is 0 Å². The fraction of sp³-hybridized carbons (Fsp3) is 0.652. The van der Waals surface area contributed by atoms with Gasteiger partial charge in [0.25, 0.3) is 0 Å². The van der Waals surface area contributed by atoms with Crippen LogP contribution in [-0.2, 0) is 11.3 Å². The van der Waals surface area contributed by atoms with Gasteiger partial charge in [-0.05, 0) is 49.5 Å². The summed E-state index contributed by atoms with van der Waals surface area (Å²) in [5.74, 6) is 2.44. The van der Waals surface area contributed by atoms with E-state index in [1.807, 2.05) is 19.2 Å². The molecule has 0 aromatic heterocycles. The minimum Gasteiger partial charge on any atom is -0.492 e. The Labute approximate surface area is 205 Å². The van der Waals surface area contributed by atoms with Crippen LogP contribution in [0.4, 0.5) is 0 Å². The van der Waals surface area contributed by atoms with E-state index in [1.165, 1.54) is 5.56 Å². The first-order chi connectivity index (χ1) is 14.6. The standard InChI is InChI=1S/C23H39N5O2.HI/c1-5-27(6-2)15-16-30-21-9-7-20(8-10-21)18-26-23(25-4)28-13-11-19(12-14-28)17-22(29)24-3;/h7-10,19H,5-6,11-18H2,1-4H3,(H,24,29)(H,25,26);1H. The van der Waals surface area contributed by atoms with Crippen molar-refractivity contribution in [2.75, 3.05) is 53.4 Å². The van der Waals surface area contributed by atoms with Crippen LogP contribution in [0.2, 0.25) is 0 Å². The highest BCUT2D eigenvalue weighted by Gasteiger charge is 2.22. The highest BCUT2D eigenvalue weighted by molar-refractivity contribution is 14.0. The van der Waals surface area contributed by atoms with Crippen molar-refractivity contribution < 1.29 is 9.53 Å². The summed E-state index contributed by atoms with van der Waals surface area (Å²) in [6.45, 7) is 10.7. The number of hydrogen-bond acceptors (Lipinski definition) is 4. The molecule has 1 aliphatic rings. The number of hydrogen-bond donors (Lipinski definition) is 2. The van der Waals surface area contributed by atoms with Gasteiger partial charge in [-0.15, -0.1) is 24.0 Å². The molecule has 1 amide bonds. The Kier molecular flexibility index (Phi) is 13.6. The summed E-state index contributed by atoms with van der Waals surface area (Å²) in [5.41, 5.74) is 1.20. The highest BCUT2D eigenvalue weighted by atomic mass is 127. The average Bonchev–Trinajstić information content (AvgIpc) is 2.79. The van der Waals surface area contributed by atoms with Gasteiger partial charge in [0, 0.05) is 46.7 Å². The molecule has 0 spiro atoms. The summed E-state index contributed by atoms with van der Waals surface area (Å²) >= 11 is 0. The zero-order chi connectivity index (χ0) is 21.8. The molecule has 0 radical (unpaired) electrons. The fourth-order valence-electron chi connectivity index (χ4n) is 3.76. The minimum absolute atomic E-state index is 0. The SMILES string of the molecule is CCN(CC)CCOc1ccc(CNC(=NC)N2CCC(CC(=O)NC)CC2)cc1.I. The Bertz CT molecular complexity index is 656. The number of nitrogens with zero attached hydrogens (tertiary/aromatic N) is 3. The molecule has 7 nitrogen and oxygen atoms in total. The molecule has 0 bridgehead atoms. The van der Waals surface area contributed by atoms with E-state index in [-0.39, 0.29) is 29.9 Å². The summed E-state index contributed by atoms with van der Waals surface area (Å²) in [5, 5.41) is 6.19. The van der Waals surface area contributed by atoms with Gasteiger partial charge in [0.15, 0.2) is 5.96 Å². The van der Waals surface area contributed by atoms with Crippen LogP contribution >= 0.6 is 24.0 Å². The Morgan fingerprint density at radius 1 is 1.19 bits per heavy atom. The number of guanidine groups is 1. The van der Waals surface area contributed by atoms with Crippen molar-refractivity contribution in [3.8, 4) is 5.75 Å². The number of benzene rings is 1. The maximum atomic E-state index is 11.6. The Morgan fingerprint density at radius 2 is 1.84 bits per heavy atom. The number of carbonyl (C=O) groups is 1. The van der Waals surface area contributed by atoms with Crippen molar-refractivity contribution >= 4 is 35.8 Å². The number of likely N-dealkylation sites (tertiary alicyclic amines) is 1. The topological polar surface area (TPSA) is 69.2 Å². The number of likely N-dealkylation sites (N-methyl/N-ethyl adjacent to an activating group) is 1. The smallest absolute Gasteiger partial charge is 0.220 e. The van der Waals surface area contributed by atoms with Gasteiger partial charge >= 0.3 is 0 Å². The van der Waals surface area contributed by atoms with Gasteiger partial charge in [-0.25, -0.2) is 0 Å². The van der Waals surface area contributed by atoms with E-state index in [9.17, 15) is 4.79 Å². The number of ether oxygens (including phenoxy) is 1. The maximum absolute atomic E-state index is 11.6. The van der Waals surface area contributed by atoms with E-state index in [4.69, 9.17) is 4.74 Å². The summed E-state index contributed by atoms with van der Waals surface area (Å²) in [6.07, 6.45) is 2.67. The van der Waals surface area contributed by atoms with E-state index in [0.717, 1.165) is 63.8 Å². The van der Waals surface area contributed by atoms with E-state index >= 15 is 0 Å². The lowest BCUT2D eigenvalue weighted by Gasteiger charge is -2.34. The number of rotatable bonds is 10. The molecule has 0 atom stereocenters. The fourth-order valence-corrected chi connectivity index (χ4v) is 3.76. The van der Waals surface area contributed by atoms with Crippen LogP contribution in [0.15, 0.2) is 29.3 Å². The van der Waals surface area contributed by atoms with Crippen molar-refractivity contribution in [2.24, 2.45) is 10.9 Å². The molecule has 1 heterocycles. The van der Waals surface area contributed by atoms with Crippen LogP contribution < -0.4 is 15.4 Å². The van der Waals surface area contributed by atoms with Crippen molar-refractivity contribution in [3.05, 3.63) is 29.8 Å². The molecule has 2 rings (SSSR count). The van der Waals surface area contributed by atoms with Crippen LogP contribution in [-0.4, -0.2) is 75.1 Å². The summed E-state index contributed by atoms with van der Waals surface area (Å²) in [7, 11) is 3.53. The van der Waals surface area contributed by atoms with Crippen LogP contribution in [0.1, 0.15) is 38.7 Å². The van der Waals surface area contributed by atoms with Crippen molar-refractivity contribution in [3.63, 3.8) is 0 Å². The Morgan fingerprint density at radius 3 is 2.39 bits per heavy atom. The van der Waals surface area contributed by atoms with Gasteiger partial charge in [-0.2, -0.15) is 0 Å². The molecule has 1 aromatic carbocycles. The third-order valence-corrected chi connectivity index (χ3v) is 5.82. The number of piperidine rings is 1. The summed E-state index contributed by atoms with van der Waals surface area (Å²) in [4.78, 5) is 20.7. The molecule has 2 N–H and O–H groups in total. The third-order valence-electron chi connectivity index (χ3n) is 5.82. The molecule has 0 saturated carbocycles. The van der Waals surface area contributed by atoms with Crippen LogP contribution in [0.3, 0.4) is 0 Å². The molecule has 0 aliphatic carbocycles. The number of carbonyl (C=O) groups excluding carboxylic acids is 1. The molecule has 31 heavy (non-hydrogen) atoms. The van der Waals surface area contributed by atoms with Gasteiger partial charge in [-0.3, -0.25) is 9.79 Å². The van der Waals surface area contributed by atoms with Crippen molar-refractivity contribution in [1.82, 2.24) is 20.4 Å². The number of amides is 1. The van der Waals surface area contributed by atoms with Crippen LogP contribution in [0.5, 0.6) is 5.75 Å².